The summed E-state index contributed by atoms with van der Waals surface area (Å²) in [4.78, 5) is 11.9. The maximum Gasteiger partial charge on any atom is 0.422 e. The highest BCUT2D eigenvalue weighted by atomic mass is 35.5. The zero-order valence-electron chi connectivity index (χ0n) is 15.4. The third-order valence-electron chi connectivity index (χ3n) is 4.45. The Bertz CT molecular complexity index is 915. The van der Waals surface area contributed by atoms with Gasteiger partial charge in [-0.25, -0.2) is 0 Å². The third-order valence-corrected chi connectivity index (χ3v) is 4.76. The number of para-hydroxylation sites is 1. The van der Waals surface area contributed by atoms with E-state index in [2.05, 4.69) is 5.32 Å². The number of rotatable bonds is 5. The molecule has 2 N–H and O–H groups in total. The summed E-state index contributed by atoms with van der Waals surface area (Å²) in [5.74, 6) is -0.599. The number of aliphatic hydroxyl groups excluding tert-OH is 1. The SMILES string of the molecule is Cl.O=[N+]([O-])c1ccc(Oc2ccccc2Cl)c(C(F)(F)F)c1N1CCN[C@@H](CO)C1. The second kappa shape index (κ2) is 9.69. The number of nitro groups is 1. The van der Waals surface area contributed by atoms with Crippen molar-refractivity contribution in [2.45, 2.75) is 12.2 Å². The second-order valence-electron chi connectivity index (χ2n) is 6.37. The molecule has 1 atom stereocenters. The van der Waals surface area contributed by atoms with Gasteiger partial charge in [0.2, 0.25) is 0 Å². The third kappa shape index (κ3) is 5.07. The number of ether oxygens (including phenoxy) is 1. The van der Waals surface area contributed by atoms with Crippen LogP contribution in [0.5, 0.6) is 11.5 Å². The van der Waals surface area contributed by atoms with Crippen LogP contribution in [0.2, 0.25) is 5.02 Å². The summed E-state index contributed by atoms with van der Waals surface area (Å²) in [5.41, 5.74) is -2.54. The van der Waals surface area contributed by atoms with Gasteiger partial charge in [0, 0.05) is 31.7 Å². The second-order valence-corrected chi connectivity index (χ2v) is 6.78. The van der Waals surface area contributed by atoms with E-state index in [4.69, 9.17) is 16.3 Å². The van der Waals surface area contributed by atoms with Gasteiger partial charge in [-0.3, -0.25) is 10.1 Å². The Morgan fingerprint density at radius 3 is 2.57 bits per heavy atom. The van der Waals surface area contributed by atoms with E-state index in [0.717, 1.165) is 12.1 Å². The number of halogens is 5. The van der Waals surface area contributed by atoms with Crippen molar-refractivity contribution in [1.29, 1.82) is 0 Å². The summed E-state index contributed by atoms with van der Waals surface area (Å²) >= 11 is 5.99. The van der Waals surface area contributed by atoms with Gasteiger partial charge in [-0.15, -0.1) is 12.4 Å². The van der Waals surface area contributed by atoms with Gasteiger partial charge in [0.25, 0.3) is 5.69 Å². The Labute approximate surface area is 180 Å². The lowest BCUT2D eigenvalue weighted by Crippen LogP contribution is -2.52. The van der Waals surface area contributed by atoms with Crippen LogP contribution in [0.25, 0.3) is 0 Å². The van der Waals surface area contributed by atoms with E-state index in [0.29, 0.717) is 0 Å². The van der Waals surface area contributed by atoms with Crippen LogP contribution in [-0.2, 0) is 6.18 Å². The fourth-order valence-corrected chi connectivity index (χ4v) is 3.36. The van der Waals surface area contributed by atoms with Crippen LogP contribution in [0.3, 0.4) is 0 Å². The molecule has 7 nitrogen and oxygen atoms in total. The number of hydrogen-bond donors (Lipinski definition) is 2. The molecule has 0 aromatic heterocycles. The average molecular weight is 468 g/mol. The van der Waals surface area contributed by atoms with Crippen molar-refractivity contribution < 1.29 is 27.9 Å². The number of piperazine rings is 1. The molecular weight excluding hydrogens is 450 g/mol. The van der Waals surface area contributed by atoms with Gasteiger partial charge in [-0.1, -0.05) is 23.7 Å². The molecule has 0 radical (unpaired) electrons. The lowest BCUT2D eigenvalue weighted by atomic mass is 10.1. The van der Waals surface area contributed by atoms with E-state index in [9.17, 15) is 28.4 Å². The van der Waals surface area contributed by atoms with Crippen LogP contribution < -0.4 is 15.0 Å². The molecule has 1 aliphatic heterocycles. The topological polar surface area (TPSA) is 87.9 Å². The molecule has 0 bridgehead atoms. The van der Waals surface area contributed by atoms with Crippen molar-refractivity contribution >= 4 is 35.4 Å². The van der Waals surface area contributed by atoms with Crippen molar-refractivity contribution in [2.24, 2.45) is 0 Å². The summed E-state index contributed by atoms with van der Waals surface area (Å²) in [5, 5.41) is 23.9. The van der Waals surface area contributed by atoms with E-state index in [-0.39, 0.29) is 49.4 Å². The largest absolute Gasteiger partial charge is 0.455 e. The molecule has 3 rings (SSSR count). The fourth-order valence-electron chi connectivity index (χ4n) is 3.18. The van der Waals surface area contributed by atoms with E-state index in [1.807, 2.05) is 0 Å². The number of nitrogens with one attached hydrogen (secondary N) is 1. The number of hydrogen-bond acceptors (Lipinski definition) is 6. The molecule has 12 heteroatoms. The minimum atomic E-state index is -4.93. The van der Waals surface area contributed by atoms with Gasteiger partial charge in [-0.2, -0.15) is 13.2 Å². The predicted octanol–water partition coefficient (Wildman–Crippen LogP) is 4.25. The molecule has 1 fully saturated rings. The molecule has 2 aromatic carbocycles. The van der Waals surface area contributed by atoms with Crippen LogP contribution in [0.4, 0.5) is 24.5 Å². The highest BCUT2D eigenvalue weighted by molar-refractivity contribution is 6.32. The molecule has 0 aliphatic carbocycles. The number of anilines is 1. The molecule has 0 saturated carbocycles. The number of nitrogens with zero attached hydrogens (tertiary/aromatic N) is 2. The number of nitro benzene ring substituents is 1. The molecule has 164 valence electrons. The molecule has 1 saturated heterocycles. The van der Waals surface area contributed by atoms with E-state index < -0.39 is 39.8 Å². The summed E-state index contributed by atoms with van der Waals surface area (Å²) in [7, 11) is 0. The van der Waals surface area contributed by atoms with E-state index in [1.165, 1.54) is 17.0 Å². The minimum Gasteiger partial charge on any atom is -0.455 e. The summed E-state index contributed by atoms with van der Waals surface area (Å²) < 4.78 is 47.6. The Kier molecular flexibility index (Phi) is 7.75. The maximum absolute atomic E-state index is 14.1. The van der Waals surface area contributed by atoms with Crippen molar-refractivity contribution in [3.8, 4) is 11.5 Å². The summed E-state index contributed by atoms with van der Waals surface area (Å²) in [6.45, 7) is 0.00265. The molecule has 2 aromatic rings. The first kappa shape index (κ1) is 24.0. The highest BCUT2D eigenvalue weighted by Crippen LogP contribution is 2.48. The quantitative estimate of drug-likeness (QED) is 0.504. The first-order valence-electron chi connectivity index (χ1n) is 8.62. The van der Waals surface area contributed by atoms with Crippen LogP contribution in [0.1, 0.15) is 5.56 Å². The lowest BCUT2D eigenvalue weighted by molar-refractivity contribution is -0.384. The Hall–Kier alpha value is -2.27. The average Bonchev–Trinajstić information content (AvgIpc) is 2.68. The first-order chi connectivity index (χ1) is 13.7. The molecule has 0 spiro atoms. The normalized spacial score (nSPS) is 16.7. The van der Waals surface area contributed by atoms with Crippen molar-refractivity contribution in [3.63, 3.8) is 0 Å². The van der Waals surface area contributed by atoms with Crippen LogP contribution in [0.15, 0.2) is 36.4 Å². The van der Waals surface area contributed by atoms with Crippen LogP contribution >= 0.6 is 24.0 Å². The number of benzene rings is 2. The first-order valence-corrected chi connectivity index (χ1v) is 9.00. The van der Waals surface area contributed by atoms with Gasteiger partial charge < -0.3 is 20.1 Å². The van der Waals surface area contributed by atoms with Crippen molar-refractivity contribution in [3.05, 3.63) is 57.1 Å². The lowest BCUT2D eigenvalue weighted by Gasteiger charge is -2.35. The molecular formula is C18H18Cl2F3N3O4. The van der Waals surface area contributed by atoms with Gasteiger partial charge in [0.15, 0.2) is 0 Å². The fraction of sp³-hybridized carbons (Fsp3) is 0.333. The maximum atomic E-state index is 14.1. The van der Waals surface area contributed by atoms with E-state index in [1.54, 1.807) is 12.1 Å². The Morgan fingerprint density at radius 1 is 1.27 bits per heavy atom. The van der Waals surface area contributed by atoms with Crippen molar-refractivity contribution in [1.82, 2.24) is 5.32 Å². The molecule has 0 amide bonds. The summed E-state index contributed by atoms with van der Waals surface area (Å²) in [6, 6.07) is 7.37. The zero-order chi connectivity index (χ0) is 21.2. The van der Waals surface area contributed by atoms with Gasteiger partial charge >= 0.3 is 6.18 Å². The standard InChI is InChI=1S/C18H17ClF3N3O4.ClH/c19-12-3-1-2-4-14(12)29-15-6-5-13(25(27)28)17(16(15)18(20,21)22)24-8-7-23-11(9-24)10-26;/h1-6,11,23,26H,7-10H2;1H/t11-;/m1./s1. The summed E-state index contributed by atoms with van der Waals surface area (Å²) in [6.07, 6.45) is -4.93. The molecule has 1 aliphatic rings. The van der Waals surface area contributed by atoms with Crippen molar-refractivity contribution in [2.75, 3.05) is 31.1 Å². The molecule has 0 unspecified atom stereocenters. The highest BCUT2D eigenvalue weighted by Gasteiger charge is 2.43. The number of aliphatic hydroxyl groups is 1. The van der Waals surface area contributed by atoms with E-state index >= 15 is 0 Å². The van der Waals surface area contributed by atoms with Gasteiger partial charge in [0.05, 0.1) is 16.6 Å². The van der Waals surface area contributed by atoms with Crippen LogP contribution in [0, 0.1) is 10.1 Å². The Morgan fingerprint density at radius 2 is 1.97 bits per heavy atom. The van der Waals surface area contributed by atoms with Crippen LogP contribution in [-0.4, -0.2) is 42.3 Å². The molecule has 30 heavy (non-hydrogen) atoms. The number of alkyl halides is 3. The minimum absolute atomic E-state index is 0. The Balaban J connectivity index is 0.00000320. The van der Waals surface area contributed by atoms with Gasteiger partial charge in [-0.05, 0) is 18.2 Å². The molecule has 1 heterocycles. The smallest absolute Gasteiger partial charge is 0.422 e. The van der Waals surface area contributed by atoms with Gasteiger partial charge in [0.1, 0.15) is 22.7 Å². The monoisotopic (exact) mass is 467 g/mol. The zero-order valence-corrected chi connectivity index (χ0v) is 16.9. The predicted molar refractivity (Wildman–Crippen MR) is 108 cm³/mol.